The molecule has 100 valence electrons. The Kier molecular flexibility index (Phi) is 2.79. The molecular weight excluding hydrogens is 256 g/mol. The topological polar surface area (TPSA) is 56.5 Å². The monoisotopic (exact) mass is 268 g/mol. The number of rotatable bonds is 1. The third-order valence-electron chi connectivity index (χ3n) is 3.38. The molecule has 0 unspecified atom stereocenters. The van der Waals surface area contributed by atoms with Gasteiger partial charge in [-0.25, -0.2) is 9.59 Å². The molecule has 1 aromatic heterocycles. The fraction of sp³-hybridized carbons (Fsp3) is 0.125. The molecule has 0 aliphatic rings. The van der Waals surface area contributed by atoms with Crippen LogP contribution in [-0.2, 0) is 4.74 Å². The van der Waals surface area contributed by atoms with Crippen LogP contribution in [0.2, 0.25) is 0 Å². The van der Waals surface area contributed by atoms with Crippen molar-refractivity contribution < 1.29 is 13.9 Å². The van der Waals surface area contributed by atoms with Crippen molar-refractivity contribution in [3.8, 4) is 0 Å². The molecule has 20 heavy (non-hydrogen) atoms. The van der Waals surface area contributed by atoms with E-state index in [9.17, 15) is 9.59 Å². The Morgan fingerprint density at radius 1 is 1.10 bits per heavy atom. The van der Waals surface area contributed by atoms with Crippen molar-refractivity contribution in [2.45, 2.75) is 6.92 Å². The zero-order chi connectivity index (χ0) is 14.3. The van der Waals surface area contributed by atoms with Gasteiger partial charge >= 0.3 is 11.6 Å². The van der Waals surface area contributed by atoms with E-state index in [1.807, 2.05) is 25.1 Å². The zero-order valence-corrected chi connectivity index (χ0v) is 11.1. The van der Waals surface area contributed by atoms with Crippen molar-refractivity contribution >= 4 is 27.7 Å². The predicted molar refractivity (Wildman–Crippen MR) is 76.1 cm³/mol. The van der Waals surface area contributed by atoms with E-state index in [1.54, 1.807) is 18.2 Å². The summed E-state index contributed by atoms with van der Waals surface area (Å²) in [7, 11) is 1.30. The highest BCUT2D eigenvalue weighted by Gasteiger charge is 2.17. The van der Waals surface area contributed by atoms with Gasteiger partial charge in [-0.3, -0.25) is 0 Å². The number of esters is 1. The lowest BCUT2D eigenvalue weighted by molar-refractivity contribution is 0.0601. The van der Waals surface area contributed by atoms with Crippen LogP contribution in [0.4, 0.5) is 0 Å². The summed E-state index contributed by atoms with van der Waals surface area (Å²) in [5.41, 5.74) is 1.02. The van der Waals surface area contributed by atoms with Gasteiger partial charge in [-0.15, -0.1) is 0 Å². The van der Waals surface area contributed by atoms with Crippen LogP contribution in [-0.4, -0.2) is 13.1 Å². The van der Waals surface area contributed by atoms with Crippen molar-refractivity contribution in [2.24, 2.45) is 0 Å². The summed E-state index contributed by atoms with van der Waals surface area (Å²) in [6.07, 6.45) is 0. The number of methoxy groups -OCH3 is 1. The van der Waals surface area contributed by atoms with Crippen molar-refractivity contribution in [2.75, 3.05) is 7.11 Å². The van der Waals surface area contributed by atoms with Gasteiger partial charge in [0.2, 0.25) is 0 Å². The standard InChI is InChI=1S/C16H12O4/c1-9-7-8-12(15(17)19-2)14-13(9)10-5-3-4-6-11(10)16(18)20-14/h3-8H,1-2H3. The molecule has 0 atom stereocenters. The molecule has 3 aromatic rings. The van der Waals surface area contributed by atoms with Gasteiger partial charge in [-0.2, -0.15) is 0 Å². The molecule has 0 N–H and O–H groups in total. The number of carbonyl (C=O) groups is 1. The van der Waals surface area contributed by atoms with Gasteiger partial charge in [0.25, 0.3) is 0 Å². The van der Waals surface area contributed by atoms with Crippen LogP contribution in [0.25, 0.3) is 21.7 Å². The van der Waals surface area contributed by atoms with Gasteiger partial charge in [0.1, 0.15) is 5.56 Å². The summed E-state index contributed by atoms with van der Waals surface area (Å²) in [4.78, 5) is 23.9. The van der Waals surface area contributed by atoms with Crippen LogP contribution in [0.1, 0.15) is 15.9 Å². The Labute approximate surface area is 114 Å². The molecule has 0 fully saturated rings. The third-order valence-corrected chi connectivity index (χ3v) is 3.38. The van der Waals surface area contributed by atoms with Crippen LogP contribution in [0.15, 0.2) is 45.6 Å². The average molecular weight is 268 g/mol. The maximum atomic E-state index is 12.0. The van der Waals surface area contributed by atoms with Crippen molar-refractivity contribution in [3.63, 3.8) is 0 Å². The van der Waals surface area contributed by atoms with Crippen LogP contribution in [0.5, 0.6) is 0 Å². The largest absolute Gasteiger partial charge is 0.465 e. The van der Waals surface area contributed by atoms with E-state index in [1.165, 1.54) is 7.11 Å². The molecule has 1 heterocycles. The Hall–Kier alpha value is -2.62. The van der Waals surface area contributed by atoms with Crippen LogP contribution in [0, 0.1) is 6.92 Å². The maximum absolute atomic E-state index is 12.0. The van der Waals surface area contributed by atoms with Gasteiger partial charge in [0.15, 0.2) is 5.58 Å². The summed E-state index contributed by atoms with van der Waals surface area (Å²) in [6.45, 7) is 1.91. The van der Waals surface area contributed by atoms with E-state index in [2.05, 4.69) is 0 Å². The molecule has 0 amide bonds. The summed E-state index contributed by atoms with van der Waals surface area (Å²) < 4.78 is 10.1. The lowest BCUT2D eigenvalue weighted by atomic mass is 10.0. The molecule has 0 aliphatic carbocycles. The van der Waals surface area contributed by atoms with Crippen molar-refractivity contribution in [1.82, 2.24) is 0 Å². The second-order valence-corrected chi connectivity index (χ2v) is 4.56. The van der Waals surface area contributed by atoms with Gasteiger partial charge < -0.3 is 9.15 Å². The summed E-state index contributed by atoms with van der Waals surface area (Å²) >= 11 is 0. The fourth-order valence-electron chi connectivity index (χ4n) is 2.42. The highest BCUT2D eigenvalue weighted by atomic mass is 16.5. The predicted octanol–water partition coefficient (Wildman–Crippen LogP) is 3.04. The van der Waals surface area contributed by atoms with E-state index in [4.69, 9.17) is 9.15 Å². The number of benzene rings is 2. The Balaban J connectivity index is 2.59. The van der Waals surface area contributed by atoms with E-state index in [0.717, 1.165) is 16.3 Å². The first kappa shape index (κ1) is 12.4. The minimum absolute atomic E-state index is 0.260. The number of fused-ring (bicyclic) bond motifs is 3. The molecule has 0 aliphatic heterocycles. The first-order valence-electron chi connectivity index (χ1n) is 6.17. The average Bonchev–Trinajstić information content (AvgIpc) is 2.47. The molecule has 0 spiro atoms. The van der Waals surface area contributed by atoms with Crippen LogP contribution >= 0.6 is 0 Å². The SMILES string of the molecule is COC(=O)c1ccc(C)c2c1oc(=O)c1ccccc12. The molecular formula is C16H12O4. The quantitative estimate of drug-likeness (QED) is 0.386. The molecule has 0 saturated heterocycles. The van der Waals surface area contributed by atoms with E-state index < -0.39 is 11.6 Å². The van der Waals surface area contributed by atoms with E-state index in [-0.39, 0.29) is 11.1 Å². The van der Waals surface area contributed by atoms with Crippen molar-refractivity contribution in [1.29, 1.82) is 0 Å². The first-order valence-corrected chi connectivity index (χ1v) is 6.17. The van der Waals surface area contributed by atoms with Gasteiger partial charge in [-0.05, 0) is 24.6 Å². The molecule has 0 bridgehead atoms. The molecule has 0 radical (unpaired) electrons. The minimum atomic E-state index is -0.520. The van der Waals surface area contributed by atoms with Gasteiger partial charge in [0.05, 0.1) is 12.5 Å². The highest BCUT2D eigenvalue weighted by molar-refractivity contribution is 6.12. The van der Waals surface area contributed by atoms with Crippen LogP contribution < -0.4 is 5.63 Å². The lowest BCUT2D eigenvalue weighted by Crippen LogP contribution is -2.06. The van der Waals surface area contributed by atoms with E-state index >= 15 is 0 Å². The minimum Gasteiger partial charge on any atom is -0.465 e. The normalized spacial score (nSPS) is 10.9. The van der Waals surface area contributed by atoms with E-state index in [0.29, 0.717) is 5.39 Å². The number of hydrogen-bond donors (Lipinski definition) is 0. The highest BCUT2D eigenvalue weighted by Crippen LogP contribution is 2.28. The van der Waals surface area contributed by atoms with Crippen molar-refractivity contribution in [3.05, 3.63) is 57.9 Å². The first-order chi connectivity index (χ1) is 9.63. The Morgan fingerprint density at radius 3 is 2.50 bits per heavy atom. The maximum Gasteiger partial charge on any atom is 0.344 e. The zero-order valence-electron chi connectivity index (χ0n) is 11.1. The molecule has 4 heteroatoms. The summed E-state index contributed by atoms with van der Waals surface area (Å²) in [5, 5.41) is 2.05. The third kappa shape index (κ3) is 1.69. The number of carbonyl (C=O) groups excluding carboxylic acids is 1. The Bertz CT molecular complexity index is 890. The Morgan fingerprint density at radius 2 is 1.80 bits per heavy atom. The molecule has 0 saturated carbocycles. The second kappa shape index (κ2) is 4.49. The summed E-state index contributed by atoms with van der Waals surface area (Å²) in [6, 6.07) is 10.6. The number of aryl methyl sites for hydroxylation is 1. The van der Waals surface area contributed by atoms with Gasteiger partial charge in [0, 0.05) is 10.8 Å². The second-order valence-electron chi connectivity index (χ2n) is 4.56. The smallest absolute Gasteiger partial charge is 0.344 e. The number of ether oxygens (including phenoxy) is 1. The van der Waals surface area contributed by atoms with Crippen LogP contribution in [0.3, 0.4) is 0 Å². The summed E-state index contributed by atoms with van der Waals surface area (Å²) in [5.74, 6) is -0.520. The molecule has 3 rings (SSSR count). The molecule has 4 nitrogen and oxygen atoms in total. The molecule has 2 aromatic carbocycles. The van der Waals surface area contributed by atoms with Gasteiger partial charge in [-0.1, -0.05) is 24.3 Å². The lowest BCUT2D eigenvalue weighted by Gasteiger charge is -2.08. The fourth-order valence-corrected chi connectivity index (χ4v) is 2.42. The number of hydrogen-bond acceptors (Lipinski definition) is 4.